The maximum atomic E-state index is 13.6. The lowest BCUT2D eigenvalue weighted by Crippen LogP contribution is -2.01. The predicted octanol–water partition coefficient (Wildman–Crippen LogP) is 4.15. The van der Waals surface area contributed by atoms with E-state index in [0.29, 0.717) is 10.3 Å². The van der Waals surface area contributed by atoms with E-state index in [1.54, 1.807) is 18.3 Å². The molecule has 0 amide bonds. The Morgan fingerprint density at radius 3 is 2.90 bits per heavy atom. The largest absolute Gasteiger partial charge is 0.330 e. The Hall–Kier alpha value is -1.53. The zero-order valence-electron chi connectivity index (χ0n) is 11.2. The lowest BCUT2D eigenvalue weighted by molar-refractivity contribution is 0.620. The summed E-state index contributed by atoms with van der Waals surface area (Å²) in [5.74, 6) is -0.212. The highest BCUT2D eigenvalue weighted by Crippen LogP contribution is 2.20. The topological polar surface area (TPSA) is 33.6 Å². The van der Waals surface area contributed by atoms with E-state index in [-0.39, 0.29) is 5.82 Å². The fourth-order valence-electron chi connectivity index (χ4n) is 2.23. The van der Waals surface area contributed by atoms with E-state index in [1.807, 2.05) is 22.9 Å². The van der Waals surface area contributed by atoms with Crippen molar-refractivity contribution in [3.05, 3.63) is 44.4 Å². The van der Waals surface area contributed by atoms with Crippen LogP contribution in [0.5, 0.6) is 0 Å². The van der Waals surface area contributed by atoms with E-state index in [4.69, 9.17) is 12.2 Å². The number of thiazole rings is 1. The van der Waals surface area contributed by atoms with Gasteiger partial charge in [0, 0.05) is 24.0 Å². The van der Waals surface area contributed by atoms with Crippen molar-refractivity contribution in [2.24, 2.45) is 0 Å². The average molecular weight is 307 g/mol. The van der Waals surface area contributed by atoms with Gasteiger partial charge in [-0.3, -0.25) is 0 Å². The van der Waals surface area contributed by atoms with E-state index in [9.17, 15) is 4.39 Å². The molecule has 20 heavy (non-hydrogen) atoms. The van der Waals surface area contributed by atoms with E-state index in [2.05, 4.69) is 9.97 Å². The number of aromatic nitrogens is 3. The summed E-state index contributed by atoms with van der Waals surface area (Å²) in [6, 6.07) is 3.34. The minimum Gasteiger partial charge on any atom is -0.330 e. The van der Waals surface area contributed by atoms with Crippen LogP contribution in [0, 0.1) is 24.4 Å². The zero-order valence-corrected chi connectivity index (χ0v) is 12.9. The summed E-state index contributed by atoms with van der Waals surface area (Å²) < 4.78 is 16.2. The number of rotatable bonds is 3. The van der Waals surface area contributed by atoms with Crippen molar-refractivity contribution < 1.29 is 4.39 Å². The van der Waals surface area contributed by atoms with Crippen molar-refractivity contribution in [1.82, 2.24) is 14.5 Å². The van der Waals surface area contributed by atoms with E-state index in [1.165, 1.54) is 6.07 Å². The molecule has 0 fully saturated rings. The number of nitrogens with one attached hydrogen (secondary N) is 1. The molecule has 3 nitrogen and oxygen atoms in total. The molecular weight excluding hydrogens is 293 g/mol. The SMILES string of the molecule is Cc1csc(CCn2c(=S)[nH]c3cc(F)c(C)cc32)n1. The predicted molar refractivity (Wildman–Crippen MR) is 82.4 cm³/mol. The number of H-pyrrole nitrogens is 1. The highest BCUT2D eigenvalue weighted by atomic mass is 32.1. The monoisotopic (exact) mass is 307 g/mol. The second kappa shape index (κ2) is 5.10. The molecular formula is C14H14FN3S2. The van der Waals surface area contributed by atoms with Gasteiger partial charge in [-0.1, -0.05) is 0 Å². The Kier molecular flexibility index (Phi) is 3.43. The number of halogens is 1. The molecule has 2 heterocycles. The van der Waals surface area contributed by atoms with Gasteiger partial charge in [-0.15, -0.1) is 11.3 Å². The van der Waals surface area contributed by atoms with Crippen LogP contribution in [0.2, 0.25) is 0 Å². The maximum absolute atomic E-state index is 13.6. The molecule has 0 unspecified atom stereocenters. The zero-order chi connectivity index (χ0) is 14.3. The summed E-state index contributed by atoms with van der Waals surface area (Å²) >= 11 is 6.99. The molecule has 0 bridgehead atoms. The number of hydrogen-bond acceptors (Lipinski definition) is 3. The lowest BCUT2D eigenvalue weighted by Gasteiger charge is -2.04. The number of aryl methyl sites for hydroxylation is 4. The Morgan fingerprint density at radius 1 is 1.40 bits per heavy atom. The normalized spacial score (nSPS) is 11.3. The van der Waals surface area contributed by atoms with Crippen LogP contribution in [-0.2, 0) is 13.0 Å². The molecule has 2 aromatic heterocycles. The van der Waals surface area contributed by atoms with Crippen LogP contribution in [0.3, 0.4) is 0 Å². The molecule has 6 heteroatoms. The van der Waals surface area contributed by atoms with Gasteiger partial charge in [0.2, 0.25) is 0 Å². The fraction of sp³-hybridized carbons (Fsp3) is 0.286. The van der Waals surface area contributed by atoms with Crippen LogP contribution in [0.15, 0.2) is 17.5 Å². The van der Waals surface area contributed by atoms with Crippen molar-refractivity contribution in [1.29, 1.82) is 0 Å². The van der Waals surface area contributed by atoms with Gasteiger partial charge in [-0.2, -0.15) is 0 Å². The number of fused-ring (bicyclic) bond motifs is 1. The van der Waals surface area contributed by atoms with Gasteiger partial charge >= 0.3 is 0 Å². The Morgan fingerprint density at radius 2 is 2.20 bits per heavy atom. The first-order chi connectivity index (χ1) is 9.54. The fourth-order valence-corrected chi connectivity index (χ4v) is 3.29. The quantitative estimate of drug-likeness (QED) is 0.737. The smallest absolute Gasteiger partial charge is 0.178 e. The van der Waals surface area contributed by atoms with Crippen LogP contribution < -0.4 is 0 Å². The summed E-state index contributed by atoms with van der Waals surface area (Å²) in [5.41, 5.74) is 3.37. The summed E-state index contributed by atoms with van der Waals surface area (Å²) in [4.78, 5) is 7.51. The van der Waals surface area contributed by atoms with Crippen LogP contribution in [-0.4, -0.2) is 14.5 Å². The number of nitrogens with zero attached hydrogens (tertiary/aromatic N) is 2. The third kappa shape index (κ3) is 2.41. The molecule has 0 saturated carbocycles. The van der Waals surface area contributed by atoms with Gasteiger partial charge in [0.1, 0.15) is 5.82 Å². The highest BCUT2D eigenvalue weighted by molar-refractivity contribution is 7.71. The molecule has 0 radical (unpaired) electrons. The maximum Gasteiger partial charge on any atom is 0.178 e. The van der Waals surface area contributed by atoms with Crippen LogP contribution >= 0.6 is 23.6 Å². The van der Waals surface area contributed by atoms with Crippen LogP contribution in [0.25, 0.3) is 11.0 Å². The third-order valence-electron chi connectivity index (χ3n) is 3.27. The van der Waals surface area contributed by atoms with E-state index in [0.717, 1.165) is 34.7 Å². The summed E-state index contributed by atoms with van der Waals surface area (Å²) in [6.07, 6.45) is 0.830. The Labute approximate surface area is 125 Å². The van der Waals surface area contributed by atoms with Crippen molar-refractivity contribution >= 4 is 34.6 Å². The van der Waals surface area contributed by atoms with Crippen LogP contribution in [0.1, 0.15) is 16.3 Å². The molecule has 0 aliphatic carbocycles. The van der Waals surface area contributed by atoms with Crippen molar-refractivity contribution in [3.8, 4) is 0 Å². The van der Waals surface area contributed by atoms with Gasteiger partial charge in [-0.25, -0.2) is 9.37 Å². The van der Waals surface area contributed by atoms with Gasteiger partial charge < -0.3 is 9.55 Å². The van der Waals surface area contributed by atoms with Crippen molar-refractivity contribution in [2.75, 3.05) is 0 Å². The highest BCUT2D eigenvalue weighted by Gasteiger charge is 2.09. The summed E-state index contributed by atoms with van der Waals surface area (Å²) in [5, 5.41) is 3.14. The number of hydrogen-bond donors (Lipinski definition) is 1. The van der Waals surface area contributed by atoms with Gasteiger partial charge in [0.05, 0.1) is 16.0 Å². The molecule has 104 valence electrons. The lowest BCUT2D eigenvalue weighted by atomic mass is 10.2. The molecule has 1 N–H and O–H groups in total. The Balaban J connectivity index is 1.96. The third-order valence-corrected chi connectivity index (χ3v) is 4.62. The number of aromatic amines is 1. The summed E-state index contributed by atoms with van der Waals surface area (Å²) in [7, 11) is 0. The molecule has 0 atom stereocenters. The van der Waals surface area contributed by atoms with E-state index >= 15 is 0 Å². The van der Waals surface area contributed by atoms with E-state index < -0.39 is 0 Å². The molecule has 0 spiro atoms. The number of imidazole rings is 1. The minimum atomic E-state index is -0.212. The van der Waals surface area contributed by atoms with Gasteiger partial charge in [0.15, 0.2) is 4.77 Å². The second-order valence-corrected chi connectivity index (χ2v) is 6.16. The molecule has 1 aromatic carbocycles. The summed E-state index contributed by atoms with van der Waals surface area (Å²) in [6.45, 7) is 4.50. The van der Waals surface area contributed by atoms with Crippen LogP contribution in [0.4, 0.5) is 4.39 Å². The molecule has 0 aliphatic rings. The van der Waals surface area contributed by atoms with Gasteiger partial charge in [0.25, 0.3) is 0 Å². The first-order valence-corrected chi connectivity index (χ1v) is 7.63. The minimum absolute atomic E-state index is 0.212. The van der Waals surface area contributed by atoms with Gasteiger partial charge in [-0.05, 0) is 43.8 Å². The second-order valence-electron chi connectivity index (χ2n) is 4.83. The molecule has 0 aliphatic heterocycles. The standard InChI is InChI=1S/C14H14FN3S2/c1-8-5-12-11(6-10(8)15)17-14(19)18(12)4-3-13-16-9(2)7-20-13/h5-7H,3-4H2,1-2H3,(H,17,19). The average Bonchev–Trinajstić information content (AvgIpc) is 2.92. The molecule has 0 saturated heterocycles. The first-order valence-electron chi connectivity index (χ1n) is 6.34. The molecule has 3 rings (SSSR count). The Bertz CT molecular complexity index is 829. The van der Waals surface area contributed by atoms with Crippen molar-refractivity contribution in [3.63, 3.8) is 0 Å². The molecule has 3 aromatic rings. The van der Waals surface area contributed by atoms with Crippen molar-refractivity contribution in [2.45, 2.75) is 26.8 Å². The first kappa shape index (κ1) is 13.5. The number of benzene rings is 1.